The number of piperidine rings is 1. The summed E-state index contributed by atoms with van der Waals surface area (Å²) in [6, 6.07) is 27.7. The highest BCUT2D eigenvalue weighted by molar-refractivity contribution is 7.90. The Balaban J connectivity index is 0.805. The van der Waals surface area contributed by atoms with E-state index in [9.17, 15) is 23.3 Å². The molecule has 6 heterocycles. The van der Waals surface area contributed by atoms with E-state index in [4.69, 9.17) is 28.4 Å². The van der Waals surface area contributed by atoms with Gasteiger partial charge in [-0.2, -0.15) is 0 Å². The minimum absolute atomic E-state index is 0.0826. The molecule has 19 nitrogen and oxygen atoms in total. The number of nitrogens with zero attached hydrogens (tertiary/aromatic N) is 5. The number of nitro benzene ring substituents is 1. The lowest BCUT2D eigenvalue weighted by Crippen LogP contribution is -2.60. The Morgan fingerprint density at radius 2 is 1.76 bits per heavy atom. The number of pyridine rings is 1. The second-order valence-electron chi connectivity index (χ2n) is 20.5. The van der Waals surface area contributed by atoms with Crippen LogP contribution in [0.4, 0.5) is 17.1 Å². The number of hydrogen-bond acceptors (Lipinski definition) is 16. The van der Waals surface area contributed by atoms with E-state index in [2.05, 4.69) is 85.0 Å². The van der Waals surface area contributed by atoms with Crippen LogP contribution in [0.5, 0.6) is 28.7 Å². The number of carbonyl (C=O) groups is 1. The lowest BCUT2D eigenvalue weighted by atomic mass is 9.59. The van der Waals surface area contributed by atoms with Crippen LogP contribution in [-0.2, 0) is 26.0 Å². The first-order valence-electron chi connectivity index (χ1n) is 25.6. The first kappa shape index (κ1) is 50.2. The largest absolute Gasteiger partial charge is 0.497 e. The fourth-order valence-corrected chi connectivity index (χ4v) is 12.7. The van der Waals surface area contributed by atoms with Gasteiger partial charge in [0.25, 0.3) is 21.6 Å². The van der Waals surface area contributed by atoms with Crippen molar-refractivity contribution in [2.75, 3.05) is 83.2 Å². The Morgan fingerprint density at radius 3 is 2.52 bits per heavy atom. The second kappa shape index (κ2) is 21.0. The number of aromatic amines is 1. The number of fused-ring (bicyclic) bond motifs is 2. The number of amides is 1. The third-order valence-corrected chi connectivity index (χ3v) is 16.9. The maximum atomic E-state index is 14.3. The van der Waals surface area contributed by atoms with Gasteiger partial charge in [-0.1, -0.05) is 50.2 Å². The topological polar surface area (TPSA) is 212 Å². The number of nitro groups is 1. The van der Waals surface area contributed by atoms with Gasteiger partial charge in [0.2, 0.25) is 6.79 Å². The monoisotopic (exact) mass is 1040 g/mol. The van der Waals surface area contributed by atoms with E-state index in [0.717, 1.165) is 87.8 Å². The average molecular weight is 1040 g/mol. The van der Waals surface area contributed by atoms with Gasteiger partial charge in [0.05, 0.1) is 49.7 Å². The summed E-state index contributed by atoms with van der Waals surface area (Å²) < 4.78 is 64.7. The van der Waals surface area contributed by atoms with Crippen molar-refractivity contribution in [1.82, 2.24) is 24.5 Å². The highest BCUT2D eigenvalue weighted by atomic mass is 32.2. The van der Waals surface area contributed by atoms with Crippen molar-refractivity contribution >= 4 is 44.0 Å². The molecule has 75 heavy (non-hydrogen) atoms. The Morgan fingerprint density at radius 1 is 0.960 bits per heavy atom. The molecule has 4 aromatic carbocycles. The van der Waals surface area contributed by atoms with Gasteiger partial charge in [-0.05, 0) is 90.1 Å². The van der Waals surface area contributed by atoms with Gasteiger partial charge in [-0.3, -0.25) is 24.7 Å². The van der Waals surface area contributed by atoms with Crippen molar-refractivity contribution in [2.24, 2.45) is 5.41 Å². The van der Waals surface area contributed by atoms with Gasteiger partial charge in [0.15, 0.2) is 17.2 Å². The van der Waals surface area contributed by atoms with Crippen LogP contribution in [0, 0.1) is 15.5 Å². The molecule has 4 aliphatic heterocycles. The molecule has 2 aromatic heterocycles. The SMILES string of the molecule is COc1ccc(CN2CCN(C3CC4(CCN(c5ccc(C(=O)NS(=O)(=O)c6cc([N+](=O)[O-])c(NC[C@H]7COCCO7)c7c6OCO7)c(Oc6cnc7[nH]ccc7c6)c5)CC4)C3)[C@H](c3ccccc3C(C)C)C2)cc1. The molecule has 11 rings (SSSR count). The number of nitrogens with one attached hydrogen (secondary N) is 3. The number of piperazine rings is 1. The summed E-state index contributed by atoms with van der Waals surface area (Å²) in [5, 5.41) is 16.2. The van der Waals surface area contributed by atoms with Gasteiger partial charge in [0, 0.05) is 87.3 Å². The summed E-state index contributed by atoms with van der Waals surface area (Å²) in [7, 11) is -3.12. The van der Waals surface area contributed by atoms with Crippen molar-refractivity contribution < 1.29 is 46.6 Å². The zero-order valence-electron chi connectivity index (χ0n) is 42.3. The van der Waals surface area contributed by atoms with Crippen molar-refractivity contribution in [3.05, 3.63) is 130 Å². The summed E-state index contributed by atoms with van der Waals surface area (Å²) in [5.74, 6) is 0.234. The third-order valence-electron chi connectivity index (χ3n) is 15.5. The average Bonchev–Trinajstić information content (AvgIpc) is 4.11. The van der Waals surface area contributed by atoms with Crippen LogP contribution in [0.15, 0.2) is 102 Å². The van der Waals surface area contributed by atoms with Crippen molar-refractivity contribution in [2.45, 2.75) is 75.1 Å². The van der Waals surface area contributed by atoms with Gasteiger partial charge in [-0.15, -0.1) is 0 Å². The molecule has 0 bridgehead atoms. The summed E-state index contributed by atoms with van der Waals surface area (Å²) >= 11 is 0. The number of hydrogen-bond donors (Lipinski definition) is 3. The molecule has 0 unspecified atom stereocenters. The van der Waals surface area contributed by atoms with E-state index >= 15 is 0 Å². The quantitative estimate of drug-likeness (QED) is 0.0614. The van der Waals surface area contributed by atoms with Gasteiger partial charge in [0.1, 0.15) is 27.8 Å². The number of sulfonamides is 1. The van der Waals surface area contributed by atoms with Crippen LogP contribution in [0.1, 0.15) is 78.5 Å². The predicted molar refractivity (Wildman–Crippen MR) is 281 cm³/mol. The molecule has 1 saturated carbocycles. The van der Waals surface area contributed by atoms with Crippen molar-refractivity contribution in [3.8, 4) is 28.7 Å². The molecule has 20 heteroatoms. The fourth-order valence-electron chi connectivity index (χ4n) is 11.6. The van der Waals surface area contributed by atoms with E-state index in [1.54, 1.807) is 37.6 Å². The zero-order valence-corrected chi connectivity index (χ0v) is 43.1. The Bertz CT molecular complexity index is 3180. The lowest BCUT2D eigenvalue weighted by molar-refractivity contribution is -0.384. The molecular formula is C55H62N8O11S. The number of ether oxygens (including phenoxy) is 6. The number of carbonyl (C=O) groups excluding carboxylic acids is 1. The molecule has 6 aromatic rings. The van der Waals surface area contributed by atoms with Crippen molar-refractivity contribution in [1.29, 1.82) is 0 Å². The maximum absolute atomic E-state index is 14.3. The molecule has 1 aliphatic carbocycles. The minimum Gasteiger partial charge on any atom is -0.497 e. The molecule has 4 fully saturated rings. The number of aromatic nitrogens is 2. The molecule has 1 amide bonds. The Kier molecular flexibility index (Phi) is 14.0. The van der Waals surface area contributed by atoms with Crippen LogP contribution >= 0.6 is 0 Å². The molecule has 0 radical (unpaired) electrons. The standard InChI is InChI=1S/C55H62N8O11S/c1-35(2)43-6-4-5-7-44(43)47-32-60(31-36-8-11-40(69-3)12-9-36)20-21-62(47)39-27-55(28-39)15-18-61(19-16-55)38-10-13-45(48(25-38)74-41-24-37-14-17-56-53(37)58-29-41)54(64)59-75(67,68)49-26-46(63(65)66)50(52-51(49)72-34-73-52)57-30-42-33-70-22-23-71-42/h4-14,17,24-26,29,35,39,42,47,57H,15-16,18-23,27-28,30-34H2,1-3H3,(H,56,58)(H,59,64)/t42-,47-/m0/s1. The summed E-state index contributed by atoms with van der Waals surface area (Å²) in [4.78, 5) is 40.6. The van der Waals surface area contributed by atoms with Gasteiger partial charge in [-0.25, -0.2) is 18.1 Å². The highest BCUT2D eigenvalue weighted by Gasteiger charge is 2.50. The molecular weight excluding hydrogens is 981 g/mol. The molecule has 2 atom stereocenters. The van der Waals surface area contributed by atoms with E-state index in [0.29, 0.717) is 36.6 Å². The number of benzene rings is 4. The minimum atomic E-state index is -4.82. The summed E-state index contributed by atoms with van der Waals surface area (Å²) in [6.45, 7) is 10.8. The number of H-pyrrole nitrogens is 1. The molecule has 3 saturated heterocycles. The highest BCUT2D eigenvalue weighted by Crippen LogP contribution is 2.54. The summed E-state index contributed by atoms with van der Waals surface area (Å²) in [5.41, 5.74) is 5.03. The molecule has 394 valence electrons. The maximum Gasteiger partial charge on any atom is 0.297 e. The summed E-state index contributed by atoms with van der Waals surface area (Å²) in [6.07, 6.45) is 7.13. The molecule has 3 N–H and O–H groups in total. The fraction of sp³-hybridized carbons (Fsp3) is 0.418. The number of methoxy groups -OCH3 is 1. The predicted octanol–water partition coefficient (Wildman–Crippen LogP) is 8.38. The van der Waals surface area contributed by atoms with Gasteiger partial charge >= 0.3 is 0 Å². The third kappa shape index (κ3) is 10.4. The van der Waals surface area contributed by atoms with Crippen LogP contribution < -0.4 is 33.9 Å². The number of anilines is 2. The van der Waals surface area contributed by atoms with Crippen LogP contribution in [0.2, 0.25) is 0 Å². The van der Waals surface area contributed by atoms with E-state index in [1.165, 1.54) is 22.9 Å². The molecule has 1 spiro atoms. The van der Waals surface area contributed by atoms with Crippen LogP contribution in [0.25, 0.3) is 11.0 Å². The Hall–Kier alpha value is -6.97. The molecule has 5 aliphatic rings. The van der Waals surface area contributed by atoms with Crippen LogP contribution in [-0.4, -0.2) is 124 Å². The normalized spacial score (nSPS) is 20.0. The van der Waals surface area contributed by atoms with Crippen molar-refractivity contribution in [3.63, 3.8) is 0 Å². The zero-order chi connectivity index (χ0) is 51.8. The smallest absolute Gasteiger partial charge is 0.297 e. The van der Waals surface area contributed by atoms with E-state index in [-0.39, 0.29) is 53.1 Å². The first-order valence-corrected chi connectivity index (χ1v) is 27.1. The van der Waals surface area contributed by atoms with Gasteiger partial charge < -0.3 is 43.6 Å². The lowest BCUT2D eigenvalue weighted by Gasteiger charge is -2.58. The van der Waals surface area contributed by atoms with E-state index in [1.807, 2.05) is 18.2 Å². The first-order chi connectivity index (χ1) is 36.3. The van der Waals surface area contributed by atoms with E-state index < -0.39 is 44.3 Å². The Labute approximate surface area is 435 Å². The number of rotatable bonds is 16. The second-order valence-corrected chi connectivity index (χ2v) is 22.2. The van der Waals surface area contributed by atoms with Crippen LogP contribution in [0.3, 0.4) is 0 Å².